The molecule has 238 valence electrons. The standard InChI is InChI=1S/C46H32N2S2/c1-3-11-29(12-4-1)40-28-41(48-46(47-40)30-13-5-2-6-14-30)33-19-22-34(31-20-23-44-38(25-31)35-15-7-9-17-42(35)49-44)37(27-33)32-21-24-45-39(26-32)36-16-8-10-18-43(36)50-45/h1-19,21-22,24,26-28,31H,20,23,25H2. The van der Waals surface area contributed by atoms with Gasteiger partial charge in [0.05, 0.1) is 11.4 Å². The van der Waals surface area contributed by atoms with Gasteiger partial charge in [-0.05, 0) is 89.2 Å². The predicted molar refractivity (Wildman–Crippen MR) is 213 cm³/mol. The summed E-state index contributed by atoms with van der Waals surface area (Å²) in [5, 5.41) is 4.09. The van der Waals surface area contributed by atoms with Crippen molar-refractivity contribution in [3.05, 3.63) is 168 Å². The number of hydrogen-bond acceptors (Lipinski definition) is 4. The quantitative estimate of drug-likeness (QED) is 0.181. The molecule has 10 rings (SSSR count). The normalized spacial score (nSPS) is 14.4. The zero-order valence-electron chi connectivity index (χ0n) is 27.3. The maximum Gasteiger partial charge on any atom is 0.160 e. The predicted octanol–water partition coefficient (Wildman–Crippen LogP) is 13.0. The van der Waals surface area contributed by atoms with Crippen LogP contribution in [-0.4, -0.2) is 9.97 Å². The summed E-state index contributed by atoms with van der Waals surface area (Å²) in [6, 6.07) is 54.9. The van der Waals surface area contributed by atoms with Crippen LogP contribution in [0.5, 0.6) is 0 Å². The Morgan fingerprint density at radius 2 is 1.12 bits per heavy atom. The van der Waals surface area contributed by atoms with E-state index >= 15 is 0 Å². The number of aryl methyl sites for hydroxylation is 1. The van der Waals surface area contributed by atoms with Crippen molar-refractivity contribution < 1.29 is 0 Å². The second kappa shape index (κ2) is 12.2. The molecular weight excluding hydrogens is 645 g/mol. The smallest absolute Gasteiger partial charge is 0.160 e. The van der Waals surface area contributed by atoms with E-state index in [1.165, 1.54) is 46.9 Å². The molecule has 1 unspecified atom stereocenters. The molecule has 0 aliphatic heterocycles. The Morgan fingerprint density at radius 1 is 0.480 bits per heavy atom. The van der Waals surface area contributed by atoms with Crippen LogP contribution in [0.2, 0.25) is 0 Å². The first kappa shape index (κ1) is 29.5. The summed E-state index contributed by atoms with van der Waals surface area (Å²) in [6.07, 6.45) is 3.35. The van der Waals surface area contributed by atoms with Gasteiger partial charge in [0, 0.05) is 46.4 Å². The lowest BCUT2D eigenvalue weighted by Crippen LogP contribution is -2.12. The Balaban J connectivity index is 1.16. The highest BCUT2D eigenvalue weighted by Crippen LogP contribution is 2.45. The molecule has 3 aromatic heterocycles. The fraction of sp³-hybridized carbons (Fsp3) is 0.0870. The lowest BCUT2D eigenvalue weighted by atomic mass is 9.79. The molecule has 2 nitrogen and oxygen atoms in total. The van der Waals surface area contributed by atoms with Crippen LogP contribution in [0.3, 0.4) is 0 Å². The topological polar surface area (TPSA) is 25.8 Å². The Bertz CT molecular complexity index is 2630. The van der Waals surface area contributed by atoms with Crippen LogP contribution in [0.4, 0.5) is 0 Å². The van der Waals surface area contributed by atoms with Crippen molar-refractivity contribution in [2.24, 2.45) is 0 Å². The minimum absolute atomic E-state index is 0.435. The average molecular weight is 677 g/mol. The molecule has 4 heteroatoms. The maximum atomic E-state index is 5.21. The number of nitrogens with zero attached hydrogens (tertiary/aromatic N) is 2. The van der Waals surface area contributed by atoms with Gasteiger partial charge in [-0.1, -0.05) is 115 Å². The maximum absolute atomic E-state index is 5.21. The van der Waals surface area contributed by atoms with Gasteiger partial charge in [0.25, 0.3) is 0 Å². The molecule has 0 radical (unpaired) electrons. The van der Waals surface area contributed by atoms with Gasteiger partial charge >= 0.3 is 0 Å². The van der Waals surface area contributed by atoms with Crippen molar-refractivity contribution in [1.29, 1.82) is 0 Å². The zero-order valence-corrected chi connectivity index (χ0v) is 29.0. The van der Waals surface area contributed by atoms with E-state index < -0.39 is 0 Å². The average Bonchev–Trinajstić information content (AvgIpc) is 3.76. The first-order valence-electron chi connectivity index (χ1n) is 17.3. The van der Waals surface area contributed by atoms with Crippen LogP contribution in [0, 0.1) is 0 Å². The van der Waals surface area contributed by atoms with Gasteiger partial charge in [0.1, 0.15) is 0 Å². The molecule has 0 saturated carbocycles. The van der Waals surface area contributed by atoms with E-state index in [1.807, 2.05) is 28.7 Å². The molecule has 1 aliphatic carbocycles. The van der Waals surface area contributed by atoms with Crippen LogP contribution in [-0.2, 0) is 12.8 Å². The Morgan fingerprint density at radius 3 is 1.92 bits per heavy atom. The third-order valence-electron chi connectivity index (χ3n) is 10.3. The largest absolute Gasteiger partial charge is 0.228 e. The number of fused-ring (bicyclic) bond motifs is 6. The molecule has 3 heterocycles. The molecule has 0 amide bonds. The van der Waals surface area contributed by atoms with E-state index in [0.29, 0.717) is 5.92 Å². The number of aromatic nitrogens is 2. The number of hydrogen-bond donors (Lipinski definition) is 0. The minimum atomic E-state index is 0.435. The Hall–Kier alpha value is -5.42. The summed E-state index contributed by atoms with van der Waals surface area (Å²) in [4.78, 5) is 11.8. The van der Waals surface area contributed by atoms with Crippen molar-refractivity contribution in [3.8, 4) is 45.0 Å². The highest BCUT2D eigenvalue weighted by molar-refractivity contribution is 7.25. The zero-order chi connectivity index (χ0) is 33.0. The van der Waals surface area contributed by atoms with E-state index in [1.54, 1.807) is 10.4 Å². The lowest BCUT2D eigenvalue weighted by Gasteiger charge is -2.26. The fourth-order valence-electron chi connectivity index (χ4n) is 7.78. The molecule has 9 aromatic rings. The van der Waals surface area contributed by atoms with Gasteiger partial charge in [-0.2, -0.15) is 0 Å². The Labute approximate surface area is 299 Å². The second-order valence-corrected chi connectivity index (χ2v) is 15.5. The molecule has 0 bridgehead atoms. The number of thiophene rings is 2. The second-order valence-electron chi connectivity index (χ2n) is 13.2. The third kappa shape index (κ3) is 5.15. The summed E-state index contributed by atoms with van der Waals surface area (Å²) in [5.41, 5.74) is 10.6. The molecule has 0 fully saturated rings. The van der Waals surface area contributed by atoms with E-state index in [0.717, 1.165) is 53.2 Å². The van der Waals surface area contributed by atoms with Crippen LogP contribution in [0.25, 0.3) is 75.3 Å². The summed E-state index contributed by atoms with van der Waals surface area (Å²) < 4.78 is 4.08. The molecule has 0 spiro atoms. The SMILES string of the molecule is c1ccc(-c2cc(-c3ccc(C4CCc5sc6ccccc6c5C4)c(-c4ccc5sc6ccccc6c5c4)c3)nc(-c3ccccc3)n2)cc1. The molecule has 0 N–H and O–H groups in total. The van der Waals surface area contributed by atoms with E-state index in [4.69, 9.17) is 9.97 Å². The summed E-state index contributed by atoms with van der Waals surface area (Å²) in [7, 11) is 0. The van der Waals surface area contributed by atoms with Crippen LogP contribution >= 0.6 is 22.7 Å². The third-order valence-corrected chi connectivity index (χ3v) is 12.7. The van der Waals surface area contributed by atoms with Crippen LogP contribution < -0.4 is 0 Å². The van der Waals surface area contributed by atoms with Gasteiger partial charge in [0.2, 0.25) is 0 Å². The van der Waals surface area contributed by atoms with Gasteiger partial charge < -0.3 is 0 Å². The first-order chi connectivity index (χ1) is 24.7. The molecule has 6 aromatic carbocycles. The molecule has 50 heavy (non-hydrogen) atoms. The number of benzene rings is 6. The van der Waals surface area contributed by atoms with Gasteiger partial charge in [0.15, 0.2) is 5.82 Å². The fourth-order valence-corrected chi connectivity index (χ4v) is 10.1. The highest BCUT2D eigenvalue weighted by atomic mass is 32.1. The van der Waals surface area contributed by atoms with Gasteiger partial charge in [-0.15, -0.1) is 22.7 Å². The van der Waals surface area contributed by atoms with E-state index in [-0.39, 0.29) is 0 Å². The summed E-state index contributed by atoms with van der Waals surface area (Å²) in [5.74, 6) is 1.17. The van der Waals surface area contributed by atoms with Crippen LogP contribution in [0.1, 0.15) is 28.3 Å². The summed E-state index contributed by atoms with van der Waals surface area (Å²) in [6.45, 7) is 0. The first-order valence-corrected chi connectivity index (χ1v) is 18.9. The molecular formula is C46H32N2S2. The molecule has 1 atom stereocenters. The van der Waals surface area contributed by atoms with Crippen molar-refractivity contribution in [2.45, 2.75) is 25.2 Å². The molecule has 1 aliphatic rings. The van der Waals surface area contributed by atoms with Crippen molar-refractivity contribution >= 4 is 52.9 Å². The minimum Gasteiger partial charge on any atom is -0.228 e. The monoisotopic (exact) mass is 676 g/mol. The van der Waals surface area contributed by atoms with Crippen molar-refractivity contribution in [3.63, 3.8) is 0 Å². The van der Waals surface area contributed by atoms with Crippen LogP contribution in [0.15, 0.2) is 152 Å². The highest BCUT2D eigenvalue weighted by Gasteiger charge is 2.26. The number of rotatable bonds is 5. The summed E-state index contributed by atoms with van der Waals surface area (Å²) >= 11 is 3.86. The van der Waals surface area contributed by atoms with Gasteiger partial charge in [-0.3, -0.25) is 0 Å². The van der Waals surface area contributed by atoms with E-state index in [2.05, 4.69) is 146 Å². The Kier molecular flexibility index (Phi) is 7.18. The van der Waals surface area contributed by atoms with E-state index in [9.17, 15) is 0 Å². The van der Waals surface area contributed by atoms with Gasteiger partial charge in [-0.25, -0.2) is 9.97 Å². The van der Waals surface area contributed by atoms with Crippen molar-refractivity contribution in [1.82, 2.24) is 9.97 Å². The van der Waals surface area contributed by atoms with Crippen molar-refractivity contribution in [2.75, 3.05) is 0 Å². The molecule has 0 saturated heterocycles. The lowest BCUT2D eigenvalue weighted by molar-refractivity contribution is 0.596.